The van der Waals surface area contributed by atoms with Gasteiger partial charge in [0.25, 0.3) is 0 Å². The van der Waals surface area contributed by atoms with Gasteiger partial charge >= 0.3 is 0 Å². The van der Waals surface area contributed by atoms with E-state index < -0.39 is 0 Å². The summed E-state index contributed by atoms with van der Waals surface area (Å²) in [6.07, 6.45) is 3.58. The van der Waals surface area contributed by atoms with Crippen molar-refractivity contribution in [1.29, 1.82) is 0 Å². The van der Waals surface area contributed by atoms with Crippen LogP contribution in [0.25, 0.3) is 0 Å². The highest BCUT2D eigenvalue weighted by molar-refractivity contribution is 5.46. The summed E-state index contributed by atoms with van der Waals surface area (Å²) < 4.78 is 0. The molecule has 0 amide bonds. The fourth-order valence-corrected chi connectivity index (χ4v) is 2.76. The fourth-order valence-electron chi connectivity index (χ4n) is 2.76. The zero-order valence-electron chi connectivity index (χ0n) is 13.2. The molecule has 20 heavy (non-hydrogen) atoms. The van der Waals surface area contributed by atoms with E-state index in [9.17, 15) is 0 Å². The van der Waals surface area contributed by atoms with Crippen molar-refractivity contribution in [2.45, 2.75) is 39.2 Å². The molecular weight excluding hydrogens is 250 g/mol. The molecule has 1 aromatic rings. The molecule has 0 aromatic carbocycles. The highest BCUT2D eigenvalue weighted by atomic mass is 15.3. The number of hydrogen-bond acceptors (Lipinski definition) is 5. The first-order valence-electron chi connectivity index (χ1n) is 7.61. The van der Waals surface area contributed by atoms with Crippen LogP contribution >= 0.6 is 0 Å². The lowest BCUT2D eigenvalue weighted by Gasteiger charge is -2.28. The Kier molecular flexibility index (Phi) is 5.17. The minimum Gasteiger partial charge on any atom is -0.354 e. The standard InChI is InChI=1S/C15H27N5/c1-5-8-16-15-17-12(2)10-14(18-15)20-9-6-7-13(20)11-19(3)4/h10,13H,5-9,11H2,1-4H3,(H,16,17,18). The highest BCUT2D eigenvalue weighted by Gasteiger charge is 2.26. The average molecular weight is 277 g/mol. The molecule has 2 heterocycles. The van der Waals surface area contributed by atoms with Crippen LogP contribution in [0.3, 0.4) is 0 Å². The molecule has 5 heteroatoms. The van der Waals surface area contributed by atoms with Crippen LogP contribution in [0.1, 0.15) is 31.9 Å². The van der Waals surface area contributed by atoms with Crippen LogP contribution in [-0.4, -0.2) is 54.6 Å². The molecule has 0 saturated carbocycles. The Morgan fingerprint density at radius 3 is 2.90 bits per heavy atom. The van der Waals surface area contributed by atoms with E-state index in [0.29, 0.717) is 6.04 Å². The molecule has 1 atom stereocenters. The quantitative estimate of drug-likeness (QED) is 0.863. The Labute approximate surface area is 122 Å². The van der Waals surface area contributed by atoms with Gasteiger partial charge in [-0.05, 0) is 40.3 Å². The van der Waals surface area contributed by atoms with Gasteiger partial charge < -0.3 is 15.1 Å². The van der Waals surface area contributed by atoms with Gasteiger partial charge in [0.2, 0.25) is 5.95 Å². The summed E-state index contributed by atoms with van der Waals surface area (Å²) in [5.74, 6) is 1.83. The summed E-state index contributed by atoms with van der Waals surface area (Å²) >= 11 is 0. The maximum Gasteiger partial charge on any atom is 0.224 e. The van der Waals surface area contributed by atoms with Crippen LogP contribution in [0.5, 0.6) is 0 Å². The van der Waals surface area contributed by atoms with Crippen molar-refractivity contribution in [1.82, 2.24) is 14.9 Å². The maximum atomic E-state index is 4.70. The lowest BCUT2D eigenvalue weighted by Crippen LogP contribution is -2.38. The molecule has 0 bridgehead atoms. The number of anilines is 2. The summed E-state index contributed by atoms with van der Waals surface area (Å²) in [5.41, 5.74) is 1.03. The van der Waals surface area contributed by atoms with Crippen molar-refractivity contribution in [3.05, 3.63) is 11.8 Å². The molecule has 0 radical (unpaired) electrons. The smallest absolute Gasteiger partial charge is 0.224 e. The van der Waals surface area contributed by atoms with Crippen LogP contribution in [0.4, 0.5) is 11.8 Å². The van der Waals surface area contributed by atoms with Crippen LogP contribution in [-0.2, 0) is 0 Å². The Morgan fingerprint density at radius 1 is 1.40 bits per heavy atom. The van der Waals surface area contributed by atoms with Gasteiger partial charge in [-0.15, -0.1) is 0 Å². The number of rotatable bonds is 6. The topological polar surface area (TPSA) is 44.3 Å². The van der Waals surface area contributed by atoms with E-state index in [0.717, 1.165) is 43.5 Å². The third-order valence-corrected chi connectivity index (χ3v) is 3.62. The van der Waals surface area contributed by atoms with Crippen molar-refractivity contribution in [2.24, 2.45) is 0 Å². The van der Waals surface area contributed by atoms with Crippen LogP contribution in [0.2, 0.25) is 0 Å². The van der Waals surface area contributed by atoms with Gasteiger partial charge in [0.05, 0.1) is 0 Å². The first-order chi connectivity index (χ1) is 9.60. The van der Waals surface area contributed by atoms with Crippen LogP contribution in [0, 0.1) is 6.92 Å². The first kappa shape index (κ1) is 15.0. The molecule has 1 aliphatic rings. The summed E-state index contributed by atoms with van der Waals surface area (Å²) in [7, 11) is 4.27. The second kappa shape index (κ2) is 6.88. The summed E-state index contributed by atoms with van der Waals surface area (Å²) in [4.78, 5) is 13.9. The molecule has 1 unspecified atom stereocenters. The fraction of sp³-hybridized carbons (Fsp3) is 0.733. The Bertz CT molecular complexity index is 432. The number of nitrogens with one attached hydrogen (secondary N) is 1. The lowest BCUT2D eigenvalue weighted by molar-refractivity contribution is 0.371. The van der Waals surface area contributed by atoms with Crippen molar-refractivity contribution in [3.63, 3.8) is 0 Å². The van der Waals surface area contributed by atoms with Crippen LogP contribution < -0.4 is 10.2 Å². The van der Waals surface area contributed by atoms with Gasteiger partial charge in [0.15, 0.2) is 0 Å². The van der Waals surface area contributed by atoms with Crippen molar-refractivity contribution in [2.75, 3.05) is 43.9 Å². The molecule has 0 aliphatic carbocycles. The second-order valence-corrected chi connectivity index (χ2v) is 5.87. The molecule has 1 aliphatic heterocycles. The molecule has 5 nitrogen and oxygen atoms in total. The summed E-state index contributed by atoms with van der Waals surface area (Å²) in [6.45, 7) is 7.30. The minimum atomic E-state index is 0.568. The summed E-state index contributed by atoms with van der Waals surface area (Å²) in [6, 6.07) is 2.67. The molecule has 0 spiro atoms. The molecular formula is C15H27N5. The molecule has 1 saturated heterocycles. The number of aromatic nitrogens is 2. The van der Waals surface area contributed by atoms with Gasteiger partial charge in [-0.25, -0.2) is 4.98 Å². The third-order valence-electron chi connectivity index (χ3n) is 3.62. The predicted molar refractivity (Wildman–Crippen MR) is 84.5 cm³/mol. The van der Waals surface area contributed by atoms with E-state index in [1.54, 1.807) is 0 Å². The number of nitrogens with zero attached hydrogens (tertiary/aromatic N) is 4. The maximum absolute atomic E-state index is 4.70. The van der Waals surface area contributed by atoms with E-state index in [-0.39, 0.29) is 0 Å². The lowest BCUT2D eigenvalue weighted by atomic mass is 10.2. The Hall–Kier alpha value is -1.36. The summed E-state index contributed by atoms with van der Waals surface area (Å²) in [5, 5.41) is 3.30. The molecule has 1 fully saturated rings. The SMILES string of the molecule is CCCNc1nc(C)cc(N2CCCC2CN(C)C)n1. The van der Waals surface area contributed by atoms with E-state index in [1.165, 1.54) is 12.8 Å². The van der Waals surface area contributed by atoms with Gasteiger partial charge in [-0.1, -0.05) is 6.92 Å². The van der Waals surface area contributed by atoms with Crippen molar-refractivity contribution < 1.29 is 0 Å². The largest absolute Gasteiger partial charge is 0.354 e. The predicted octanol–water partition coefficient (Wildman–Crippen LogP) is 2.14. The molecule has 1 aromatic heterocycles. The second-order valence-electron chi connectivity index (χ2n) is 5.87. The third kappa shape index (κ3) is 3.82. The zero-order chi connectivity index (χ0) is 14.5. The number of likely N-dealkylation sites (N-methyl/N-ethyl adjacent to an activating group) is 1. The first-order valence-corrected chi connectivity index (χ1v) is 7.61. The number of aryl methyl sites for hydroxylation is 1. The van der Waals surface area contributed by atoms with E-state index in [1.807, 2.05) is 6.92 Å². The van der Waals surface area contributed by atoms with E-state index in [4.69, 9.17) is 4.98 Å². The molecule has 112 valence electrons. The molecule has 2 rings (SSSR count). The highest BCUT2D eigenvalue weighted by Crippen LogP contribution is 2.25. The van der Waals surface area contributed by atoms with Gasteiger partial charge in [-0.3, -0.25) is 0 Å². The van der Waals surface area contributed by atoms with Gasteiger partial charge in [-0.2, -0.15) is 4.98 Å². The Morgan fingerprint density at radius 2 is 2.20 bits per heavy atom. The van der Waals surface area contributed by atoms with E-state index >= 15 is 0 Å². The van der Waals surface area contributed by atoms with Crippen molar-refractivity contribution >= 4 is 11.8 Å². The monoisotopic (exact) mass is 277 g/mol. The van der Waals surface area contributed by atoms with Crippen LogP contribution in [0.15, 0.2) is 6.07 Å². The van der Waals surface area contributed by atoms with E-state index in [2.05, 4.69) is 47.2 Å². The van der Waals surface area contributed by atoms with Gasteiger partial charge in [0, 0.05) is 37.4 Å². The zero-order valence-corrected chi connectivity index (χ0v) is 13.2. The Balaban J connectivity index is 2.15. The normalized spacial score (nSPS) is 18.9. The average Bonchev–Trinajstić information content (AvgIpc) is 2.83. The number of hydrogen-bond donors (Lipinski definition) is 1. The van der Waals surface area contributed by atoms with Crippen molar-refractivity contribution in [3.8, 4) is 0 Å². The molecule has 1 N–H and O–H groups in total. The van der Waals surface area contributed by atoms with Gasteiger partial charge in [0.1, 0.15) is 5.82 Å². The minimum absolute atomic E-state index is 0.568.